The van der Waals surface area contributed by atoms with Crippen molar-refractivity contribution in [2.75, 3.05) is 13.1 Å². The summed E-state index contributed by atoms with van der Waals surface area (Å²) in [4.78, 5) is 27.7. The van der Waals surface area contributed by atoms with Crippen LogP contribution in [-0.2, 0) is 14.8 Å². The minimum atomic E-state index is -4.02. The van der Waals surface area contributed by atoms with Crippen molar-refractivity contribution in [3.05, 3.63) is 18.0 Å². The van der Waals surface area contributed by atoms with E-state index in [1.165, 1.54) is 12.3 Å². The van der Waals surface area contributed by atoms with E-state index in [2.05, 4.69) is 9.71 Å². The highest BCUT2D eigenvalue weighted by atomic mass is 32.2. The van der Waals surface area contributed by atoms with Gasteiger partial charge in [0.25, 0.3) is 5.91 Å². The van der Waals surface area contributed by atoms with Crippen LogP contribution in [0.25, 0.3) is 0 Å². The summed E-state index contributed by atoms with van der Waals surface area (Å²) in [5, 5.41) is 9.17. The van der Waals surface area contributed by atoms with Crippen LogP contribution in [0, 0.1) is 5.92 Å². The number of rotatable bonds is 7. The van der Waals surface area contributed by atoms with Gasteiger partial charge < -0.3 is 15.0 Å². The molecular weight excluding hydrogens is 334 g/mol. The number of carbonyl (C=O) groups excluding carboxylic acids is 1. The SMILES string of the molecule is CC(C)CC(NS(=O)(=O)c1c[nH]c(C(=O)N2CCCC2)c1)C(=O)O. The second kappa shape index (κ2) is 7.35. The Morgan fingerprint density at radius 1 is 1.33 bits per heavy atom. The Labute approximate surface area is 141 Å². The van der Waals surface area contributed by atoms with Gasteiger partial charge in [-0.1, -0.05) is 13.8 Å². The minimum Gasteiger partial charge on any atom is -0.480 e. The quantitative estimate of drug-likeness (QED) is 0.673. The van der Waals surface area contributed by atoms with Gasteiger partial charge in [-0.2, -0.15) is 4.72 Å². The molecule has 0 bridgehead atoms. The van der Waals surface area contributed by atoms with Crippen LogP contribution in [0.2, 0.25) is 0 Å². The average molecular weight is 357 g/mol. The molecule has 1 amide bonds. The maximum atomic E-state index is 12.4. The van der Waals surface area contributed by atoms with Gasteiger partial charge in [0.1, 0.15) is 16.6 Å². The number of carboxylic acids is 1. The molecule has 1 aromatic rings. The van der Waals surface area contributed by atoms with Crippen LogP contribution in [0.15, 0.2) is 17.2 Å². The summed E-state index contributed by atoms with van der Waals surface area (Å²) in [6, 6.07) is 0.0414. The molecule has 8 nitrogen and oxygen atoms in total. The second-order valence-electron chi connectivity index (χ2n) is 6.39. The molecule has 1 unspecified atom stereocenters. The van der Waals surface area contributed by atoms with Gasteiger partial charge in [-0.25, -0.2) is 8.42 Å². The number of nitrogens with zero attached hydrogens (tertiary/aromatic N) is 1. The highest BCUT2D eigenvalue weighted by Gasteiger charge is 2.28. The second-order valence-corrected chi connectivity index (χ2v) is 8.10. The van der Waals surface area contributed by atoms with Crippen LogP contribution in [0.1, 0.15) is 43.6 Å². The summed E-state index contributed by atoms with van der Waals surface area (Å²) < 4.78 is 26.9. The van der Waals surface area contributed by atoms with Crippen molar-refractivity contribution in [3.8, 4) is 0 Å². The van der Waals surface area contributed by atoms with E-state index in [1.807, 2.05) is 13.8 Å². The molecule has 24 heavy (non-hydrogen) atoms. The molecule has 1 aromatic heterocycles. The first-order chi connectivity index (χ1) is 11.2. The van der Waals surface area contributed by atoms with Gasteiger partial charge >= 0.3 is 5.97 Å². The summed E-state index contributed by atoms with van der Waals surface area (Å²) in [6.07, 6.45) is 3.27. The van der Waals surface area contributed by atoms with Gasteiger partial charge in [-0.3, -0.25) is 9.59 Å². The molecule has 0 saturated carbocycles. The highest BCUT2D eigenvalue weighted by Crippen LogP contribution is 2.17. The molecule has 1 saturated heterocycles. The smallest absolute Gasteiger partial charge is 0.321 e. The number of aromatic nitrogens is 1. The number of nitrogens with one attached hydrogen (secondary N) is 2. The van der Waals surface area contributed by atoms with E-state index in [-0.39, 0.29) is 28.8 Å². The maximum Gasteiger partial charge on any atom is 0.321 e. The Kier molecular flexibility index (Phi) is 5.66. The van der Waals surface area contributed by atoms with Gasteiger partial charge in [0.15, 0.2) is 0 Å². The third-order valence-corrected chi connectivity index (χ3v) is 5.34. The summed E-state index contributed by atoms with van der Waals surface area (Å²) in [5.41, 5.74) is 0.188. The lowest BCUT2D eigenvalue weighted by Gasteiger charge is -2.16. The fraction of sp³-hybridized carbons (Fsp3) is 0.600. The molecule has 0 aromatic carbocycles. The predicted molar refractivity (Wildman–Crippen MR) is 87.1 cm³/mol. The van der Waals surface area contributed by atoms with E-state index in [0.717, 1.165) is 12.8 Å². The number of aliphatic carboxylic acids is 1. The fourth-order valence-electron chi connectivity index (χ4n) is 2.67. The van der Waals surface area contributed by atoms with Crippen LogP contribution in [0.5, 0.6) is 0 Å². The van der Waals surface area contributed by atoms with Crippen molar-refractivity contribution >= 4 is 21.9 Å². The summed E-state index contributed by atoms with van der Waals surface area (Å²) in [6.45, 7) is 4.95. The van der Waals surface area contributed by atoms with Crippen LogP contribution >= 0.6 is 0 Å². The molecule has 2 heterocycles. The maximum absolute atomic E-state index is 12.4. The van der Waals surface area contributed by atoms with Gasteiger partial charge in [-0.15, -0.1) is 0 Å². The zero-order valence-corrected chi connectivity index (χ0v) is 14.6. The largest absolute Gasteiger partial charge is 0.480 e. The first-order valence-corrected chi connectivity index (χ1v) is 9.42. The van der Waals surface area contributed by atoms with Crippen LogP contribution in [-0.4, -0.2) is 54.4 Å². The molecule has 9 heteroatoms. The zero-order valence-electron chi connectivity index (χ0n) is 13.8. The van der Waals surface area contributed by atoms with Crippen molar-refractivity contribution < 1.29 is 23.1 Å². The van der Waals surface area contributed by atoms with Gasteiger partial charge in [0, 0.05) is 19.3 Å². The Balaban J connectivity index is 2.14. The lowest BCUT2D eigenvalue weighted by molar-refractivity contribution is -0.139. The molecule has 134 valence electrons. The summed E-state index contributed by atoms with van der Waals surface area (Å²) in [5.74, 6) is -1.45. The van der Waals surface area contributed by atoms with Crippen molar-refractivity contribution in [1.29, 1.82) is 0 Å². The molecule has 2 rings (SSSR count). The third kappa shape index (κ3) is 4.35. The molecule has 1 aliphatic heterocycles. The molecule has 1 aliphatic rings. The normalized spacial score (nSPS) is 16.5. The van der Waals surface area contributed by atoms with Crippen molar-refractivity contribution in [2.45, 2.75) is 44.0 Å². The number of sulfonamides is 1. The van der Waals surface area contributed by atoms with E-state index in [9.17, 15) is 23.1 Å². The number of carboxylic acid groups (broad SMARTS) is 1. The molecule has 1 atom stereocenters. The Morgan fingerprint density at radius 2 is 1.96 bits per heavy atom. The predicted octanol–water partition coefficient (Wildman–Crippen LogP) is 1.03. The molecular formula is C15H23N3O5S. The zero-order chi connectivity index (χ0) is 17.9. The fourth-order valence-corrected chi connectivity index (χ4v) is 3.86. The number of H-pyrrole nitrogens is 1. The minimum absolute atomic E-state index is 0.0207. The Morgan fingerprint density at radius 3 is 2.50 bits per heavy atom. The summed E-state index contributed by atoms with van der Waals surface area (Å²) in [7, 11) is -4.02. The lowest BCUT2D eigenvalue weighted by Crippen LogP contribution is -2.41. The number of hydrogen-bond acceptors (Lipinski definition) is 4. The molecule has 1 fully saturated rings. The molecule has 0 radical (unpaired) electrons. The van der Waals surface area contributed by atoms with E-state index < -0.39 is 22.0 Å². The van der Waals surface area contributed by atoms with Crippen LogP contribution in [0.4, 0.5) is 0 Å². The first kappa shape index (κ1) is 18.5. The van der Waals surface area contributed by atoms with Crippen molar-refractivity contribution in [2.24, 2.45) is 5.92 Å². The first-order valence-electron chi connectivity index (χ1n) is 7.93. The number of hydrogen-bond donors (Lipinski definition) is 3. The van der Waals surface area contributed by atoms with E-state index in [4.69, 9.17) is 0 Å². The Hall–Kier alpha value is -1.87. The topological polar surface area (TPSA) is 120 Å². The third-order valence-electron chi connectivity index (χ3n) is 3.89. The molecule has 0 aliphatic carbocycles. The number of amides is 1. The average Bonchev–Trinajstić information content (AvgIpc) is 3.17. The van der Waals surface area contributed by atoms with E-state index in [1.54, 1.807) is 4.90 Å². The summed E-state index contributed by atoms with van der Waals surface area (Å²) >= 11 is 0. The van der Waals surface area contributed by atoms with Crippen molar-refractivity contribution in [1.82, 2.24) is 14.6 Å². The number of likely N-dealkylation sites (tertiary alicyclic amines) is 1. The van der Waals surface area contributed by atoms with E-state index in [0.29, 0.717) is 13.1 Å². The van der Waals surface area contributed by atoms with Crippen molar-refractivity contribution in [3.63, 3.8) is 0 Å². The Bertz CT molecular complexity index is 704. The van der Waals surface area contributed by atoms with Gasteiger partial charge in [0.05, 0.1) is 0 Å². The monoisotopic (exact) mass is 357 g/mol. The molecule has 0 spiro atoms. The van der Waals surface area contributed by atoms with Crippen LogP contribution in [0.3, 0.4) is 0 Å². The number of carbonyl (C=O) groups is 2. The van der Waals surface area contributed by atoms with Gasteiger partial charge in [0.2, 0.25) is 10.0 Å². The standard InChI is InChI=1S/C15H23N3O5S/c1-10(2)7-13(15(20)21)17-24(22,23)11-8-12(16-9-11)14(19)18-5-3-4-6-18/h8-10,13,16-17H,3-7H2,1-2H3,(H,20,21). The van der Waals surface area contributed by atoms with Crippen LogP contribution < -0.4 is 4.72 Å². The molecule has 3 N–H and O–H groups in total. The highest BCUT2D eigenvalue weighted by molar-refractivity contribution is 7.89. The number of aromatic amines is 1. The van der Waals surface area contributed by atoms with E-state index >= 15 is 0 Å². The lowest BCUT2D eigenvalue weighted by atomic mass is 10.1. The van der Waals surface area contributed by atoms with Gasteiger partial charge in [-0.05, 0) is 31.2 Å².